The van der Waals surface area contributed by atoms with Gasteiger partial charge in [-0.1, -0.05) is 66.7 Å². The Bertz CT molecular complexity index is 1110. The van der Waals surface area contributed by atoms with Gasteiger partial charge in [0.2, 0.25) is 11.8 Å². The lowest BCUT2D eigenvalue weighted by Gasteiger charge is -2.50. The summed E-state index contributed by atoms with van der Waals surface area (Å²) in [6.45, 7) is 0. The first-order valence-corrected chi connectivity index (χ1v) is 9.82. The Morgan fingerprint density at radius 2 is 1.25 bits per heavy atom. The molecule has 3 aliphatic carbocycles. The molecule has 3 nitrogen and oxygen atoms in total. The number of rotatable bonds is 1. The number of imide groups is 1. The number of hydrogen-bond acceptors (Lipinski definition) is 2. The number of amides is 2. The van der Waals surface area contributed by atoms with Gasteiger partial charge >= 0.3 is 0 Å². The van der Waals surface area contributed by atoms with E-state index in [1.165, 1.54) is 4.90 Å². The van der Waals surface area contributed by atoms with Crippen LogP contribution in [0.2, 0.25) is 0 Å². The molecule has 2 bridgehead atoms. The maximum Gasteiger partial charge on any atom is 0.240 e. The number of hydrogen-bond donors (Lipinski definition) is 0. The summed E-state index contributed by atoms with van der Waals surface area (Å²) in [5.74, 6) is -1.58. The fraction of sp³-hybridized carbons (Fsp3) is 0.167. The molecule has 4 heteroatoms. The first-order valence-electron chi connectivity index (χ1n) is 9.44. The van der Waals surface area contributed by atoms with Gasteiger partial charge in [-0.2, -0.15) is 0 Å². The molecule has 0 spiro atoms. The molecule has 136 valence electrons. The van der Waals surface area contributed by atoms with E-state index in [1.807, 2.05) is 66.7 Å². The number of benzene rings is 3. The van der Waals surface area contributed by atoms with Crippen LogP contribution in [0.4, 0.5) is 5.69 Å². The van der Waals surface area contributed by atoms with E-state index in [0.29, 0.717) is 5.69 Å². The van der Waals surface area contributed by atoms with E-state index in [4.69, 9.17) is 11.6 Å². The highest BCUT2D eigenvalue weighted by atomic mass is 35.5. The molecule has 0 N–H and O–H groups in total. The van der Waals surface area contributed by atoms with E-state index in [0.717, 1.165) is 22.3 Å². The van der Waals surface area contributed by atoms with Crippen LogP contribution in [0.5, 0.6) is 0 Å². The quantitative estimate of drug-likeness (QED) is 0.459. The van der Waals surface area contributed by atoms with Gasteiger partial charge in [-0.25, -0.2) is 4.90 Å². The van der Waals surface area contributed by atoms with Crippen molar-refractivity contribution in [2.24, 2.45) is 11.8 Å². The lowest BCUT2D eigenvalue weighted by atomic mass is 9.54. The summed E-state index contributed by atoms with van der Waals surface area (Å²) in [6, 6.07) is 25.1. The van der Waals surface area contributed by atoms with E-state index in [2.05, 4.69) is 0 Å². The average Bonchev–Trinajstić information content (AvgIpc) is 3.01. The second-order valence-electron chi connectivity index (χ2n) is 7.71. The van der Waals surface area contributed by atoms with Crippen LogP contribution in [0, 0.1) is 11.8 Å². The van der Waals surface area contributed by atoms with Crippen LogP contribution in [0.15, 0.2) is 78.9 Å². The Morgan fingerprint density at radius 3 is 1.86 bits per heavy atom. The van der Waals surface area contributed by atoms with Gasteiger partial charge in [-0.3, -0.25) is 9.59 Å². The maximum atomic E-state index is 13.6. The first-order chi connectivity index (χ1) is 13.6. The van der Waals surface area contributed by atoms with Crippen LogP contribution in [0.25, 0.3) is 0 Å². The Kier molecular flexibility index (Phi) is 3.06. The maximum absolute atomic E-state index is 13.6. The van der Waals surface area contributed by atoms with Crippen LogP contribution in [-0.4, -0.2) is 11.8 Å². The topological polar surface area (TPSA) is 37.4 Å². The van der Waals surface area contributed by atoms with Crippen molar-refractivity contribution in [1.29, 1.82) is 0 Å². The monoisotopic (exact) mass is 385 g/mol. The summed E-state index contributed by atoms with van der Waals surface area (Å²) in [4.78, 5) is 27.5. The van der Waals surface area contributed by atoms with Gasteiger partial charge in [-0.15, -0.1) is 11.6 Å². The number of halogens is 1. The van der Waals surface area contributed by atoms with Crippen molar-refractivity contribution in [2.75, 3.05) is 4.90 Å². The second kappa shape index (κ2) is 5.33. The predicted molar refractivity (Wildman–Crippen MR) is 107 cm³/mol. The number of carbonyl (C=O) groups is 2. The lowest BCUT2D eigenvalue weighted by molar-refractivity contribution is -0.122. The van der Waals surface area contributed by atoms with Gasteiger partial charge < -0.3 is 0 Å². The van der Waals surface area contributed by atoms with Gasteiger partial charge in [0.1, 0.15) is 4.87 Å². The molecule has 0 aromatic heterocycles. The highest BCUT2D eigenvalue weighted by Crippen LogP contribution is 2.65. The summed E-state index contributed by atoms with van der Waals surface area (Å²) in [5, 5.41) is 0. The van der Waals surface area contributed by atoms with Crippen molar-refractivity contribution in [2.45, 2.75) is 10.8 Å². The van der Waals surface area contributed by atoms with Crippen molar-refractivity contribution < 1.29 is 9.59 Å². The van der Waals surface area contributed by atoms with Gasteiger partial charge in [0.25, 0.3) is 0 Å². The first kappa shape index (κ1) is 16.1. The Balaban J connectivity index is 1.64. The molecule has 3 aromatic rings. The molecular weight excluding hydrogens is 370 g/mol. The summed E-state index contributed by atoms with van der Waals surface area (Å²) in [7, 11) is 0. The normalized spacial score (nSPS) is 29.5. The molecule has 3 aromatic carbocycles. The minimum absolute atomic E-state index is 0.150. The molecule has 0 radical (unpaired) electrons. The fourth-order valence-corrected chi connectivity index (χ4v) is 6.08. The standard InChI is InChI=1S/C24H16ClNO2/c25-24-17-12-6-4-10-15(17)19(16-11-5-7-13-18(16)24)20-21(24)23(28)26(22(20)27)14-8-2-1-3-9-14/h1-13,19-21H/t19?,20-,21-,24?/m0/s1. The lowest BCUT2D eigenvalue weighted by Crippen LogP contribution is -2.50. The second-order valence-corrected chi connectivity index (χ2v) is 8.31. The third kappa shape index (κ3) is 1.71. The number of anilines is 1. The predicted octanol–water partition coefficient (Wildman–Crippen LogP) is 4.43. The molecule has 7 rings (SSSR count). The van der Waals surface area contributed by atoms with Gasteiger partial charge in [0, 0.05) is 5.92 Å². The fourth-order valence-electron chi connectivity index (χ4n) is 5.51. The summed E-state index contributed by atoms with van der Waals surface area (Å²) in [5.41, 5.74) is 4.65. The zero-order chi connectivity index (χ0) is 19.0. The van der Waals surface area contributed by atoms with E-state index < -0.39 is 16.7 Å². The van der Waals surface area contributed by atoms with E-state index in [9.17, 15) is 9.59 Å². The molecule has 4 aliphatic rings. The highest BCUT2D eigenvalue weighted by Gasteiger charge is 2.67. The molecular formula is C24H16ClNO2. The van der Waals surface area contributed by atoms with Crippen LogP contribution in [-0.2, 0) is 14.5 Å². The van der Waals surface area contributed by atoms with Gasteiger partial charge in [-0.05, 0) is 34.4 Å². The van der Waals surface area contributed by atoms with Gasteiger partial charge in [0.15, 0.2) is 0 Å². The summed E-state index contributed by atoms with van der Waals surface area (Å²) in [6.07, 6.45) is 0. The third-order valence-corrected chi connectivity index (χ3v) is 7.17. The van der Waals surface area contributed by atoms with Crippen molar-refractivity contribution in [3.63, 3.8) is 0 Å². The molecule has 0 saturated carbocycles. The van der Waals surface area contributed by atoms with Crippen LogP contribution in [0.3, 0.4) is 0 Å². The summed E-state index contributed by atoms with van der Waals surface area (Å²) >= 11 is 7.37. The number of nitrogens with zero attached hydrogens (tertiary/aromatic N) is 1. The minimum Gasteiger partial charge on any atom is -0.274 e. The van der Waals surface area contributed by atoms with Crippen molar-refractivity contribution in [1.82, 2.24) is 0 Å². The molecule has 1 saturated heterocycles. The number of alkyl halides is 1. The van der Waals surface area contributed by atoms with Crippen molar-refractivity contribution in [3.8, 4) is 0 Å². The van der Waals surface area contributed by atoms with E-state index in [-0.39, 0.29) is 17.7 Å². The van der Waals surface area contributed by atoms with Crippen LogP contribution in [0.1, 0.15) is 28.2 Å². The number of carbonyl (C=O) groups excluding carboxylic acids is 2. The number of para-hydroxylation sites is 1. The van der Waals surface area contributed by atoms with Gasteiger partial charge in [0.05, 0.1) is 17.5 Å². The summed E-state index contributed by atoms with van der Waals surface area (Å²) < 4.78 is 0. The SMILES string of the molecule is O=C1[C@@H]2[C@@H](C(=O)N1c1ccccc1)C1c3ccccc3C2(Cl)c2ccccc21. The van der Waals surface area contributed by atoms with Crippen molar-refractivity contribution in [3.05, 3.63) is 101 Å². The Hall–Kier alpha value is -2.91. The average molecular weight is 386 g/mol. The van der Waals surface area contributed by atoms with Crippen LogP contribution >= 0.6 is 11.6 Å². The molecule has 1 aliphatic heterocycles. The molecule has 2 amide bonds. The molecule has 1 fully saturated rings. The largest absolute Gasteiger partial charge is 0.274 e. The zero-order valence-electron chi connectivity index (χ0n) is 14.9. The van der Waals surface area contributed by atoms with E-state index in [1.54, 1.807) is 12.1 Å². The molecule has 28 heavy (non-hydrogen) atoms. The molecule has 2 atom stereocenters. The highest BCUT2D eigenvalue weighted by molar-refractivity contribution is 6.33. The minimum atomic E-state index is -1.02. The van der Waals surface area contributed by atoms with Crippen molar-refractivity contribution >= 4 is 29.1 Å². The molecule has 0 unspecified atom stereocenters. The van der Waals surface area contributed by atoms with E-state index >= 15 is 0 Å². The smallest absolute Gasteiger partial charge is 0.240 e. The van der Waals surface area contributed by atoms with Crippen LogP contribution < -0.4 is 4.90 Å². The zero-order valence-corrected chi connectivity index (χ0v) is 15.6. The molecule has 1 heterocycles. The third-order valence-electron chi connectivity index (χ3n) is 6.53. The Morgan fingerprint density at radius 1 is 0.714 bits per heavy atom. The Labute approximate surface area is 167 Å².